The van der Waals surface area contributed by atoms with E-state index in [2.05, 4.69) is 27.0 Å². The number of benzene rings is 1. The topological polar surface area (TPSA) is 75.7 Å². The minimum Gasteiger partial charge on any atom is -0.330 e. The molecule has 30 heavy (non-hydrogen) atoms. The molecule has 3 rings (SSSR count). The molecule has 1 aromatic carbocycles. The fourth-order valence-electron chi connectivity index (χ4n) is 3.31. The van der Waals surface area contributed by atoms with E-state index in [9.17, 15) is 18.0 Å². The Bertz CT molecular complexity index is 1040. The zero-order valence-electron chi connectivity index (χ0n) is 16.2. The predicted molar refractivity (Wildman–Crippen MR) is 108 cm³/mol. The van der Waals surface area contributed by atoms with E-state index in [-0.39, 0.29) is 12.1 Å². The second-order valence-corrected chi connectivity index (χ2v) is 7.02. The third-order valence-electron chi connectivity index (χ3n) is 4.79. The van der Waals surface area contributed by atoms with Crippen molar-refractivity contribution in [2.45, 2.75) is 32.5 Å². The summed E-state index contributed by atoms with van der Waals surface area (Å²) in [7, 11) is 0. The smallest absolute Gasteiger partial charge is 0.330 e. The molecule has 1 aromatic heterocycles. The molecule has 7 nitrogen and oxygen atoms in total. The van der Waals surface area contributed by atoms with Crippen molar-refractivity contribution in [1.29, 1.82) is 0 Å². The van der Waals surface area contributed by atoms with Gasteiger partial charge in [-0.2, -0.15) is 13.2 Å². The van der Waals surface area contributed by atoms with Gasteiger partial charge in [0.15, 0.2) is 0 Å². The average molecular weight is 439 g/mol. The molecule has 1 amide bonds. The molecule has 2 aromatic rings. The molecule has 0 N–H and O–H groups in total. The fourth-order valence-corrected chi connectivity index (χ4v) is 3.63. The van der Waals surface area contributed by atoms with Crippen molar-refractivity contribution in [3.63, 3.8) is 0 Å². The van der Waals surface area contributed by atoms with Crippen molar-refractivity contribution >= 4 is 36.3 Å². The molecular weight excluding hydrogens is 421 g/mol. The summed E-state index contributed by atoms with van der Waals surface area (Å²) in [6, 6.07) is 2.82. The van der Waals surface area contributed by atoms with Crippen LogP contribution in [0.3, 0.4) is 0 Å². The van der Waals surface area contributed by atoms with E-state index in [4.69, 9.17) is 11.6 Å². The summed E-state index contributed by atoms with van der Waals surface area (Å²) in [6.45, 7) is 7.12. The molecule has 0 saturated carbocycles. The number of nitrogens with zero attached hydrogens (tertiary/aromatic N) is 6. The molecule has 0 saturated heterocycles. The van der Waals surface area contributed by atoms with Crippen molar-refractivity contribution in [2.75, 3.05) is 6.54 Å². The van der Waals surface area contributed by atoms with Crippen molar-refractivity contribution in [1.82, 2.24) is 19.9 Å². The number of rotatable bonds is 4. The number of carbonyl (C=O) groups excluding carboxylic acids is 1. The maximum atomic E-state index is 13.1. The van der Waals surface area contributed by atoms with E-state index in [1.165, 1.54) is 23.4 Å². The van der Waals surface area contributed by atoms with E-state index in [1.54, 1.807) is 24.7 Å². The van der Waals surface area contributed by atoms with E-state index in [0.29, 0.717) is 17.8 Å². The molecule has 1 aliphatic heterocycles. The summed E-state index contributed by atoms with van der Waals surface area (Å²) in [5, 5.41) is 7.69. The van der Waals surface area contributed by atoms with Gasteiger partial charge in [-0.25, -0.2) is 9.67 Å². The summed E-state index contributed by atoms with van der Waals surface area (Å²) in [5.74, 6) is -0.590. The second kappa shape index (κ2) is 8.39. The Morgan fingerprint density at radius 1 is 1.40 bits per heavy atom. The molecule has 158 valence electrons. The van der Waals surface area contributed by atoms with Crippen molar-refractivity contribution in [3.8, 4) is 0 Å². The summed E-state index contributed by atoms with van der Waals surface area (Å²) >= 11 is 5.93. The largest absolute Gasteiger partial charge is 0.417 e. The highest BCUT2D eigenvalue weighted by atomic mass is 35.5. The molecule has 0 spiro atoms. The number of alkyl halides is 3. The van der Waals surface area contributed by atoms with Crippen LogP contribution in [0.1, 0.15) is 47.2 Å². The Morgan fingerprint density at radius 3 is 2.80 bits per heavy atom. The zero-order chi connectivity index (χ0) is 22.1. The Hall–Kier alpha value is -3.01. The van der Waals surface area contributed by atoms with Crippen molar-refractivity contribution < 1.29 is 18.0 Å². The predicted octanol–water partition coefficient (Wildman–Crippen LogP) is 4.26. The Kier molecular flexibility index (Phi) is 6.06. The van der Waals surface area contributed by atoms with Crippen LogP contribution in [-0.2, 0) is 12.6 Å². The molecule has 2 heterocycles. The lowest BCUT2D eigenvalue weighted by molar-refractivity contribution is -0.137. The van der Waals surface area contributed by atoms with Gasteiger partial charge in [0.25, 0.3) is 5.91 Å². The van der Waals surface area contributed by atoms with Gasteiger partial charge in [-0.15, -0.1) is 5.10 Å². The van der Waals surface area contributed by atoms with Crippen molar-refractivity contribution in [3.05, 3.63) is 51.9 Å². The molecule has 0 unspecified atom stereocenters. The number of amides is 1. The summed E-state index contributed by atoms with van der Waals surface area (Å²) in [6.07, 6.45) is -1.39. The lowest BCUT2D eigenvalue weighted by Gasteiger charge is -2.33. The van der Waals surface area contributed by atoms with Crippen LogP contribution < -0.4 is 0 Å². The van der Waals surface area contributed by atoms with Crippen molar-refractivity contribution in [2.24, 2.45) is 9.98 Å². The molecule has 0 radical (unpaired) electrons. The van der Waals surface area contributed by atoms with Crippen LogP contribution in [0.15, 0.2) is 34.4 Å². The number of fused-ring (bicyclic) bond motifs is 1. The van der Waals surface area contributed by atoms with E-state index >= 15 is 0 Å². The molecule has 11 heteroatoms. The minimum absolute atomic E-state index is 0.198. The van der Waals surface area contributed by atoms with Gasteiger partial charge in [-0.3, -0.25) is 9.79 Å². The van der Waals surface area contributed by atoms with Gasteiger partial charge in [0.2, 0.25) is 0 Å². The Labute approximate surface area is 175 Å². The first-order valence-corrected chi connectivity index (χ1v) is 9.30. The zero-order valence-corrected chi connectivity index (χ0v) is 16.9. The number of carbonyl (C=O) groups is 1. The SMILES string of the molecule is C=N/C=N\C=C(/C)n1nnc2c1CCN(C(=O)c1cccc(C(F)(F)F)c1Cl)[C@@H]2C. The molecule has 0 aliphatic carbocycles. The molecule has 1 atom stereocenters. The standard InChI is InChI=1S/C19H18ClF3N6O/c1-11(9-25-10-24-3)29-15-7-8-28(12(2)17(15)26-27-29)18(30)13-5-4-6-14(16(13)20)19(21,22)23/h4-6,9-10,12H,3,7-8H2,1-2H3/b11-9+,25-10-/t12-/m1/s1. The Morgan fingerprint density at radius 2 is 2.13 bits per heavy atom. The summed E-state index contributed by atoms with van der Waals surface area (Å²) in [5.41, 5.74) is 0.822. The maximum absolute atomic E-state index is 13.1. The quantitative estimate of drug-likeness (QED) is 0.528. The van der Waals surface area contributed by atoms with E-state index < -0.39 is 28.7 Å². The molecule has 1 aliphatic rings. The van der Waals surface area contributed by atoms with Gasteiger partial charge in [-0.05, 0) is 32.7 Å². The van der Waals surface area contributed by atoms with Crippen LogP contribution in [0.25, 0.3) is 5.70 Å². The number of aliphatic imine (C=N–C) groups is 2. The van der Waals surface area contributed by atoms with Gasteiger partial charge < -0.3 is 4.90 Å². The highest BCUT2D eigenvalue weighted by molar-refractivity contribution is 6.34. The maximum Gasteiger partial charge on any atom is 0.417 e. The number of hydrogen-bond donors (Lipinski definition) is 0. The highest BCUT2D eigenvalue weighted by Gasteiger charge is 2.37. The number of hydrogen-bond acceptors (Lipinski definition) is 4. The first kappa shape index (κ1) is 21.7. The van der Waals surface area contributed by atoms with Gasteiger partial charge in [0, 0.05) is 19.2 Å². The molecular formula is C19H18ClF3N6O. The average Bonchev–Trinajstić information content (AvgIpc) is 3.12. The molecule has 0 bridgehead atoms. The van der Waals surface area contributed by atoms with E-state index in [1.807, 2.05) is 0 Å². The number of aromatic nitrogens is 3. The third-order valence-corrected chi connectivity index (χ3v) is 5.19. The van der Waals surface area contributed by atoms with Gasteiger partial charge in [-0.1, -0.05) is 22.9 Å². The van der Waals surface area contributed by atoms with Crippen LogP contribution in [0.2, 0.25) is 5.02 Å². The highest BCUT2D eigenvalue weighted by Crippen LogP contribution is 2.38. The van der Waals surface area contributed by atoms with Crippen LogP contribution >= 0.6 is 11.6 Å². The lowest BCUT2D eigenvalue weighted by Crippen LogP contribution is -2.39. The Balaban J connectivity index is 1.91. The summed E-state index contributed by atoms with van der Waals surface area (Å²) in [4.78, 5) is 21.9. The van der Waals surface area contributed by atoms with Crippen LogP contribution in [-0.4, -0.2) is 45.4 Å². The van der Waals surface area contributed by atoms with Crippen LogP contribution in [0.4, 0.5) is 13.2 Å². The fraction of sp³-hybridized carbons (Fsp3) is 0.316. The first-order valence-electron chi connectivity index (χ1n) is 8.92. The third kappa shape index (κ3) is 4.00. The van der Waals surface area contributed by atoms with E-state index in [0.717, 1.165) is 11.8 Å². The molecule has 0 fully saturated rings. The minimum atomic E-state index is -4.65. The van der Waals surface area contributed by atoms with Gasteiger partial charge >= 0.3 is 6.18 Å². The van der Waals surface area contributed by atoms with Gasteiger partial charge in [0.1, 0.15) is 12.0 Å². The summed E-state index contributed by atoms with van der Waals surface area (Å²) < 4.78 is 41.0. The normalized spacial score (nSPS) is 17.3. The second-order valence-electron chi connectivity index (χ2n) is 6.64. The van der Waals surface area contributed by atoms with Crippen LogP contribution in [0, 0.1) is 0 Å². The first-order chi connectivity index (χ1) is 14.2. The van der Waals surface area contributed by atoms with Gasteiger partial charge in [0.05, 0.1) is 33.6 Å². The monoisotopic (exact) mass is 438 g/mol. The van der Waals surface area contributed by atoms with Crippen LogP contribution in [0.5, 0.6) is 0 Å². The number of allylic oxidation sites excluding steroid dienone is 1. The lowest BCUT2D eigenvalue weighted by atomic mass is 10.0. The number of halogens is 4.